The molecule has 0 atom stereocenters. The van der Waals surface area contributed by atoms with Crippen molar-refractivity contribution in [2.75, 3.05) is 11.4 Å². The van der Waals surface area contributed by atoms with E-state index in [1.807, 2.05) is 24.0 Å². The lowest BCUT2D eigenvalue weighted by Crippen LogP contribution is -2.31. The van der Waals surface area contributed by atoms with Crippen molar-refractivity contribution < 1.29 is 9.21 Å². The Morgan fingerprint density at radius 2 is 1.67 bits per heavy atom. The zero-order valence-electron chi connectivity index (χ0n) is 14.0. The molecule has 0 aromatic carbocycles. The van der Waals surface area contributed by atoms with Gasteiger partial charge >= 0.3 is 0 Å². The SMILES string of the molecule is CCCCCCC(=O)N(CCCCCC)c1ccc(C)o1. The number of furan rings is 1. The number of hydrogen-bond donors (Lipinski definition) is 0. The number of amides is 1. The summed E-state index contributed by atoms with van der Waals surface area (Å²) in [6.07, 6.45) is 9.84. The minimum Gasteiger partial charge on any atom is -0.445 e. The van der Waals surface area contributed by atoms with Crippen molar-refractivity contribution in [2.24, 2.45) is 0 Å². The Balaban J connectivity index is 2.52. The van der Waals surface area contributed by atoms with Crippen molar-refractivity contribution in [3.63, 3.8) is 0 Å². The van der Waals surface area contributed by atoms with E-state index in [0.717, 1.165) is 31.6 Å². The average molecular weight is 293 g/mol. The van der Waals surface area contributed by atoms with Gasteiger partial charge in [-0.25, -0.2) is 0 Å². The zero-order chi connectivity index (χ0) is 15.5. The van der Waals surface area contributed by atoms with Gasteiger partial charge in [-0.05, 0) is 25.8 Å². The van der Waals surface area contributed by atoms with Crippen LogP contribution in [0.5, 0.6) is 0 Å². The van der Waals surface area contributed by atoms with Gasteiger partial charge in [0.25, 0.3) is 0 Å². The summed E-state index contributed by atoms with van der Waals surface area (Å²) in [5, 5.41) is 0. The first-order valence-electron chi connectivity index (χ1n) is 8.55. The lowest BCUT2D eigenvalue weighted by molar-refractivity contribution is -0.118. The molecule has 1 heterocycles. The third kappa shape index (κ3) is 6.83. The normalized spacial score (nSPS) is 10.8. The number of nitrogens with zero attached hydrogens (tertiary/aromatic N) is 1. The molecule has 0 unspecified atom stereocenters. The van der Waals surface area contributed by atoms with E-state index in [-0.39, 0.29) is 5.91 Å². The molecule has 0 aliphatic heterocycles. The Kier molecular flexibility index (Phi) is 8.88. The maximum absolute atomic E-state index is 12.4. The van der Waals surface area contributed by atoms with E-state index in [4.69, 9.17) is 4.42 Å². The Bertz CT molecular complexity index is 398. The van der Waals surface area contributed by atoms with Crippen LogP contribution in [0.1, 0.15) is 77.4 Å². The third-order valence-corrected chi connectivity index (χ3v) is 3.77. The molecule has 3 nitrogen and oxygen atoms in total. The lowest BCUT2D eigenvalue weighted by Gasteiger charge is -2.20. The molecule has 0 saturated carbocycles. The summed E-state index contributed by atoms with van der Waals surface area (Å²) in [6.45, 7) is 7.09. The van der Waals surface area contributed by atoms with Crippen LogP contribution in [0.4, 0.5) is 5.88 Å². The van der Waals surface area contributed by atoms with Gasteiger partial charge in [0.15, 0.2) is 0 Å². The minimum atomic E-state index is 0.206. The van der Waals surface area contributed by atoms with Gasteiger partial charge in [-0.1, -0.05) is 52.4 Å². The summed E-state index contributed by atoms with van der Waals surface area (Å²) in [7, 11) is 0. The topological polar surface area (TPSA) is 33.5 Å². The summed E-state index contributed by atoms with van der Waals surface area (Å²) in [6, 6.07) is 3.85. The van der Waals surface area contributed by atoms with Crippen molar-refractivity contribution in [1.29, 1.82) is 0 Å². The van der Waals surface area contributed by atoms with Gasteiger partial charge in [-0.15, -0.1) is 0 Å². The Morgan fingerprint density at radius 1 is 1.00 bits per heavy atom. The highest BCUT2D eigenvalue weighted by molar-refractivity contribution is 5.91. The smallest absolute Gasteiger partial charge is 0.229 e. The maximum atomic E-state index is 12.4. The number of unbranched alkanes of at least 4 members (excludes halogenated alkanes) is 6. The molecule has 21 heavy (non-hydrogen) atoms. The maximum Gasteiger partial charge on any atom is 0.229 e. The van der Waals surface area contributed by atoms with Crippen molar-refractivity contribution in [3.05, 3.63) is 17.9 Å². The van der Waals surface area contributed by atoms with Gasteiger partial charge in [0, 0.05) is 19.0 Å². The van der Waals surface area contributed by atoms with E-state index < -0.39 is 0 Å². The molecule has 1 aromatic rings. The third-order valence-electron chi connectivity index (χ3n) is 3.77. The summed E-state index contributed by atoms with van der Waals surface area (Å²) < 4.78 is 5.66. The highest BCUT2D eigenvalue weighted by Crippen LogP contribution is 2.20. The molecule has 0 aliphatic carbocycles. The van der Waals surface area contributed by atoms with E-state index in [0.29, 0.717) is 12.3 Å². The van der Waals surface area contributed by atoms with Crippen molar-refractivity contribution >= 4 is 11.8 Å². The second-order valence-corrected chi connectivity index (χ2v) is 5.80. The predicted molar refractivity (Wildman–Crippen MR) is 88.7 cm³/mol. The number of rotatable bonds is 11. The van der Waals surface area contributed by atoms with Crippen LogP contribution in [0.3, 0.4) is 0 Å². The molecule has 1 amide bonds. The summed E-state index contributed by atoms with van der Waals surface area (Å²) in [4.78, 5) is 14.3. The second kappa shape index (κ2) is 10.5. The first-order valence-corrected chi connectivity index (χ1v) is 8.55. The van der Waals surface area contributed by atoms with Crippen LogP contribution in [-0.2, 0) is 4.79 Å². The summed E-state index contributed by atoms with van der Waals surface area (Å²) in [5.74, 6) is 1.78. The van der Waals surface area contributed by atoms with Crippen molar-refractivity contribution in [3.8, 4) is 0 Å². The number of anilines is 1. The first kappa shape index (κ1) is 17.8. The fourth-order valence-corrected chi connectivity index (χ4v) is 2.46. The minimum absolute atomic E-state index is 0.206. The first-order chi connectivity index (χ1) is 10.2. The van der Waals surface area contributed by atoms with Gasteiger partial charge in [0.2, 0.25) is 11.8 Å². The number of carbonyl (C=O) groups is 1. The Labute approximate surface area is 129 Å². The number of aryl methyl sites for hydroxylation is 1. The van der Waals surface area contributed by atoms with Crippen LogP contribution in [0.15, 0.2) is 16.5 Å². The second-order valence-electron chi connectivity index (χ2n) is 5.80. The molecule has 0 fully saturated rings. The van der Waals surface area contributed by atoms with E-state index in [2.05, 4.69) is 13.8 Å². The molecular weight excluding hydrogens is 262 g/mol. The molecule has 0 aliphatic rings. The number of carbonyl (C=O) groups excluding carboxylic acids is 1. The molecule has 0 saturated heterocycles. The van der Waals surface area contributed by atoms with Crippen LogP contribution in [0, 0.1) is 6.92 Å². The predicted octanol–water partition coefficient (Wildman–Crippen LogP) is 5.47. The fraction of sp³-hybridized carbons (Fsp3) is 0.722. The fourth-order valence-electron chi connectivity index (χ4n) is 2.46. The van der Waals surface area contributed by atoms with Crippen molar-refractivity contribution in [1.82, 2.24) is 0 Å². The van der Waals surface area contributed by atoms with E-state index in [1.54, 1.807) is 0 Å². The van der Waals surface area contributed by atoms with Gasteiger partial charge in [-0.3, -0.25) is 9.69 Å². The highest BCUT2D eigenvalue weighted by atomic mass is 16.4. The average Bonchev–Trinajstić information content (AvgIpc) is 2.89. The molecule has 0 bridgehead atoms. The Morgan fingerprint density at radius 3 is 2.24 bits per heavy atom. The summed E-state index contributed by atoms with van der Waals surface area (Å²) in [5.41, 5.74) is 0. The van der Waals surface area contributed by atoms with Crippen molar-refractivity contribution in [2.45, 2.75) is 78.6 Å². The van der Waals surface area contributed by atoms with Crippen LogP contribution < -0.4 is 4.90 Å². The molecule has 120 valence electrons. The molecule has 1 rings (SSSR count). The number of hydrogen-bond acceptors (Lipinski definition) is 2. The van der Waals surface area contributed by atoms with Gasteiger partial charge < -0.3 is 4.42 Å². The monoisotopic (exact) mass is 293 g/mol. The van der Waals surface area contributed by atoms with Crippen LogP contribution in [0.25, 0.3) is 0 Å². The summed E-state index contributed by atoms with van der Waals surface area (Å²) >= 11 is 0. The van der Waals surface area contributed by atoms with E-state index >= 15 is 0 Å². The van der Waals surface area contributed by atoms with Crippen LogP contribution >= 0.6 is 0 Å². The Hall–Kier alpha value is -1.25. The van der Waals surface area contributed by atoms with Crippen LogP contribution in [-0.4, -0.2) is 12.5 Å². The highest BCUT2D eigenvalue weighted by Gasteiger charge is 2.17. The lowest BCUT2D eigenvalue weighted by atomic mass is 10.1. The molecule has 1 aromatic heterocycles. The molecule has 0 radical (unpaired) electrons. The molecule has 3 heteroatoms. The van der Waals surface area contributed by atoms with Gasteiger partial charge in [-0.2, -0.15) is 0 Å². The van der Waals surface area contributed by atoms with Crippen LogP contribution in [0.2, 0.25) is 0 Å². The zero-order valence-corrected chi connectivity index (χ0v) is 14.0. The molecule has 0 spiro atoms. The van der Waals surface area contributed by atoms with E-state index in [1.165, 1.54) is 32.1 Å². The largest absolute Gasteiger partial charge is 0.445 e. The quantitative estimate of drug-likeness (QED) is 0.507. The molecule has 0 N–H and O–H groups in total. The van der Waals surface area contributed by atoms with E-state index in [9.17, 15) is 4.79 Å². The van der Waals surface area contributed by atoms with Gasteiger partial charge in [0.05, 0.1) is 0 Å². The molecular formula is C18H31NO2. The van der Waals surface area contributed by atoms with Gasteiger partial charge in [0.1, 0.15) is 5.76 Å². The standard InChI is InChI=1S/C18H31NO2/c1-4-6-8-10-12-17(20)19(15-11-9-7-5-2)18-14-13-16(3)21-18/h13-14H,4-12,15H2,1-3H3.